The predicted molar refractivity (Wildman–Crippen MR) is 83.6 cm³/mol. The molecule has 0 aliphatic heterocycles. The van der Waals surface area contributed by atoms with Crippen molar-refractivity contribution in [1.29, 1.82) is 0 Å². The molecule has 0 bridgehead atoms. The van der Waals surface area contributed by atoms with Gasteiger partial charge in [0, 0.05) is 0 Å². The second-order valence-electron chi connectivity index (χ2n) is 5.36. The summed E-state index contributed by atoms with van der Waals surface area (Å²) in [5, 5.41) is 0. The van der Waals surface area contributed by atoms with Crippen LogP contribution < -0.4 is 0 Å². The first-order valence-corrected chi connectivity index (χ1v) is 7.42. The van der Waals surface area contributed by atoms with E-state index in [1.165, 1.54) is 30.4 Å². The first-order chi connectivity index (χ1) is 9.33. The second kappa shape index (κ2) is 7.13. The molecule has 100 valence electrons. The Morgan fingerprint density at radius 3 is 1.84 bits per heavy atom. The molecular weight excluding hydrogens is 228 g/mol. The average Bonchev–Trinajstić information content (AvgIpc) is 2.49. The van der Waals surface area contributed by atoms with E-state index in [4.69, 9.17) is 0 Å². The van der Waals surface area contributed by atoms with Crippen LogP contribution in [-0.2, 0) is 0 Å². The van der Waals surface area contributed by atoms with Crippen LogP contribution in [0, 0.1) is 0 Å². The van der Waals surface area contributed by atoms with Gasteiger partial charge in [0.15, 0.2) is 0 Å². The van der Waals surface area contributed by atoms with Crippen LogP contribution >= 0.6 is 0 Å². The Kier molecular flexibility index (Phi) is 5.20. The summed E-state index contributed by atoms with van der Waals surface area (Å²) in [5.74, 6) is 1.21. The molecule has 0 heteroatoms. The van der Waals surface area contributed by atoms with Crippen LogP contribution in [0.15, 0.2) is 60.7 Å². The van der Waals surface area contributed by atoms with Crippen molar-refractivity contribution < 1.29 is 0 Å². The van der Waals surface area contributed by atoms with E-state index in [2.05, 4.69) is 74.5 Å². The summed E-state index contributed by atoms with van der Waals surface area (Å²) in [7, 11) is 0. The Morgan fingerprint density at radius 2 is 1.32 bits per heavy atom. The third kappa shape index (κ3) is 3.70. The third-order valence-electron chi connectivity index (χ3n) is 4.03. The van der Waals surface area contributed by atoms with E-state index < -0.39 is 0 Å². The van der Waals surface area contributed by atoms with Crippen LogP contribution in [0.5, 0.6) is 0 Å². The normalized spacial score (nSPS) is 14.0. The monoisotopic (exact) mass is 252 g/mol. The SMILES string of the molecule is CCCCC(c1ccccc1)C(C)c1ccccc1. The van der Waals surface area contributed by atoms with Gasteiger partial charge in [-0.1, -0.05) is 87.4 Å². The minimum atomic E-state index is 0.579. The molecule has 2 rings (SSSR count). The number of hydrogen-bond donors (Lipinski definition) is 0. The molecule has 0 saturated carbocycles. The predicted octanol–water partition coefficient (Wildman–Crippen LogP) is 5.76. The van der Waals surface area contributed by atoms with Crippen molar-refractivity contribution >= 4 is 0 Å². The molecule has 0 aromatic heterocycles. The summed E-state index contributed by atoms with van der Waals surface area (Å²) >= 11 is 0. The molecule has 2 aromatic carbocycles. The van der Waals surface area contributed by atoms with E-state index >= 15 is 0 Å². The van der Waals surface area contributed by atoms with Gasteiger partial charge in [0.05, 0.1) is 0 Å². The molecular formula is C19H24. The summed E-state index contributed by atoms with van der Waals surface area (Å²) in [5.41, 5.74) is 2.93. The maximum absolute atomic E-state index is 2.36. The van der Waals surface area contributed by atoms with E-state index in [0.29, 0.717) is 11.8 Å². The van der Waals surface area contributed by atoms with E-state index in [-0.39, 0.29) is 0 Å². The molecule has 0 fully saturated rings. The number of rotatable bonds is 6. The van der Waals surface area contributed by atoms with Gasteiger partial charge in [-0.15, -0.1) is 0 Å². The minimum Gasteiger partial charge on any atom is -0.0654 e. The van der Waals surface area contributed by atoms with Crippen molar-refractivity contribution in [3.63, 3.8) is 0 Å². The zero-order chi connectivity index (χ0) is 13.5. The Bertz CT molecular complexity index is 458. The number of benzene rings is 2. The Labute approximate surface area is 117 Å². The van der Waals surface area contributed by atoms with Gasteiger partial charge >= 0.3 is 0 Å². The van der Waals surface area contributed by atoms with Gasteiger partial charge in [0.1, 0.15) is 0 Å². The first-order valence-electron chi connectivity index (χ1n) is 7.42. The van der Waals surface area contributed by atoms with Crippen LogP contribution in [0.2, 0.25) is 0 Å². The Balaban J connectivity index is 2.22. The highest BCUT2D eigenvalue weighted by atomic mass is 14.2. The molecule has 0 aliphatic carbocycles. The molecule has 2 aromatic rings. The highest BCUT2D eigenvalue weighted by Gasteiger charge is 2.19. The van der Waals surface area contributed by atoms with Crippen molar-refractivity contribution in [2.24, 2.45) is 0 Å². The van der Waals surface area contributed by atoms with Crippen molar-refractivity contribution in [2.75, 3.05) is 0 Å². The molecule has 0 radical (unpaired) electrons. The summed E-state index contributed by atoms with van der Waals surface area (Å²) in [4.78, 5) is 0. The largest absolute Gasteiger partial charge is 0.0654 e. The first kappa shape index (κ1) is 13.9. The van der Waals surface area contributed by atoms with Gasteiger partial charge in [-0.2, -0.15) is 0 Å². The van der Waals surface area contributed by atoms with E-state index in [0.717, 1.165) is 0 Å². The van der Waals surface area contributed by atoms with Gasteiger partial charge in [-0.25, -0.2) is 0 Å². The summed E-state index contributed by atoms with van der Waals surface area (Å²) < 4.78 is 0. The lowest BCUT2D eigenvalue weighted by molar-refractivity contribution is 0.512. The topological polar surface area (TPSA) is 0 Å². The molecule has 2 unspecified atom stereocenters. The maximum atomic E-state index is 2.36. The molecule has 0 saturated heterocycles. The van der Waals surface area contributed by atoms with E-state index in [1.807, 2.05) is 0 Å². The molecule has 0 aliphatic rings. The number of hydrogen-bond acceptors (Lipinski definition) is 0. The van der Waals surface area contributed by atoms with Crippen LogP contribution in [0.25, 0.3) is 0 Å². The molecule has 2 atom stereocenters. The Morgan fingerprint density at radius 1 is 0.789 bits per heavy atom. The van der Waals surface area contributed by atoms with Gasteiger partial charge < -0.3 is 0 Å². The third-order valence-corrected chi connectivity index (χ3v) is 4.03. The van der Waals surface area contributed by atoms with Gasteiger partial charge in [0.25, 0.3) is 0 Å². The van der Waals surface area contributed by atoms with Crippen LogP contribution in [0.3, 0.4) is 0 Å². The summed E-state index contributed by atoms with van der Waals surface area (Å²) in [6.45, 7) is 4.64. The summed E-state index contributed by atoms with van der Waals surface area (Å²) in [6, 6.07) is 21.9. The smallest absolute Gasteiger partial charge is 0.00957 e. The summed E-state index contributed by atoms with van der Waals surface area (Å²) in [6.07, 6.45) is 3.85. The molecule has 0 spiro atoms. The highest BCUT2D eigenvalue weighted by molar-refractivity contribution is 5.27. The molecule has 19 heavy (non-hydrogen) atoms. The fraction of sp³-hybridized carbons (Fsp3) is 0.368. The zero-order valence-electron chi connectivity index (χ0n) is 12.0. The zero-order valence-corrected chi connectivity index (χ0v) is 12.0. The lowest BCUT2D eigenvalue weighted by Gasteiger charge is -2.25. The fourth-order valence-corrected chi connectivity index (χ4v) is 2.82. The number of unbranched alkanes of at least 4 members (excludes halogenated alkanes) is 1. The van der Waals surface area contributed by atoms with Gasteiger partial charge in [-0.3, -0.25) is 0 Å². The van der Waals surface area contributed by atoms with Crippen LogP contribution in [-0.4, -0.2) is 0 Å². The fourth-order valence-electron chi connectivity index (χ4n) is 2.82. The standard InChI is InChI=1S/C19H24/c1-3-4-15-19(18-13-9-6-10-14-18)16(2)17-11-7-5-8-12-17/h5-14,16,19H,3-4,15H2,1-2H3. The lowest BCUT2D eigenvalue weighted by atomic mass is 9.80. The van der Waals surface area contributed by atoms with Gasteiger partial charge in [-0.05, 0) is 29.4 Å². The minimum absolute atomic E-state index is 0.579. The molecule has 0 amide bonds. The quantitative estimate of drug-likeness (QED) is 0.612. The van der Waals surface area contributed by atoms with Crippen molar-refractivity contribution in [2.45, 2.75) is 44.9 Å². The molecule has 0 heterocycles. The van der Waals surface area contributed by atoms with Crippen LogP contribution in [0.1, 0.15) is 56.1 Å². The van der Waals surface area contributed by atoms with Crippen LogP contribution in [0.4, 0.5) is 0 Å². The van der Waals surface area contributed by atoms with Gasteiger partial charge in [0.2, 0.25) is 0 Å². The van der Waals surface area contributed by atoms with Crippen molar-refractivity contribution in [3.8, 4) is 0 Å². The average molecular weight is 252 g/mol. The highest BCUT2D eigenvalue weighted by Crippen LogP contribution is 2.36. The molecule has 0 N–H and O–H groups in total. The lowest BCUT2D eigenvalue weighted by Crippen LogP contribution is -2.08. The maximum Gasteiger partial charge on any atom is -0.00957 e. The van der Waals surface area contributed by atoms with E-state index in [1.54, 1.807) is 0 Å². The molecule has 0 nitrogen and oxygen atoms in total. The Hall–Kier alpha value is -1.56. The van der Waals surface area contributed by atoms with E-state index in [9.17, 15) is 0 Å². The second-order valence-corrected chi connectivity index (χ2v) is 5.36. The van der Waals surface area contributed by atoms with Crippen molar-refractivity contribution in [3.05, 3.63) is 71.8 Å². The van der Waals surface area contributed by atoms with Crippen molar-refractivity contribution in [1.82, 2.24) is 0 Å².